The van der Waals surface area contributed by atoms with E-state index in [1.165, 1.54) is 0 Å². The monoisotopic (exact) mass is 838 g/mol. The number of carbonyl (C=O) groups is 4. The van der Waals surface area contributed by atoms with E-state index >= 15 is 0 Å². The maximum atomic E-state index is 13.6. The summed E-state index contributed by atoms with van der Waals surface area (Å²) >= 11 is 6.29. The second-order valence-corrected chi connectivity index (χ2v) is 17.3. The van der Waals surface area contributed by atoms with Crippen LogP contribution in [0.2, 0.25) is 5.02 Å². The molecule has 1 aliphatic carbocycles. The number of benzene rings is 3. The molecule has 1 saturated carbocycles. The van der Waals surface area contributed by atoms with Crippen molar-refractivity contribution in [2.24, 2.45) is 4.99 Å². The van der Waals surface area contributed by atoms with E-state index in [0.717, 1.165) is 133 Å². The standard InChI is InChI=1S/C46H47ClN10O4/c1-28-52-53-45-46(19-20-46)51-41(29-9-12-32(47)13-10-29)35-25-30(11-14-36(35)56(28)45)31-26-49-55(27-31)22-5-3-2-4-21-48-33-17-23-54(24-18-33)37-8-6-7-34-40(37)44(61)57(43(34)60)38-15-16-39(58)50-42(38)59/h6-14,25-27,33,38,48H,2-5,15-24H2,1H3,(H,50,58,59). The van der Waals surface area contributed by atoms with Crippen molar-refractivity contribution in [1.82, 2.24) is 40.1 Å². The summed E-state index contributed by atoms with van der Waals surface area (Å²) in [5, 5.41) is 20.5. The molecule has 1 unspecified atom stereocenters. The molecule has 1 spiro atoms. The first-order valence-electron chi connectivity index (χ1n) is 21.5. The van der Waals surface area contributed by atoms with Gasteiger partial charge in [0.2, 0.25) is 11.8 Å². The molecular formula is C46H47ClN10O4. The number of unbranched alkanes of at least 4 members (excludes halogenated alkanes) is 3. The Hall–Kier alpha value is -5.99. The largest absolute Gasteiger partial charge is 0.371 e. The lowest BCUT2D eigenvalue weighted by Gasteiger charge is -2.35. The Labute approximate surface area is 358 Å². The fourth-order valence-corrected chi connectivity index (χ4v) is 9.56. The second kappa shape index (κ2) is 15.8. The number of carbonyl (C=O) groups excluding carboxylic acids is 4. The Morgan fingerprint density at radius 2 is 1.62 bits per heavy atom. The number of aryl methyl sites for hydroxylation is 2. The Bertz CT molecular complexity index is 2600. The van der Waals surface area contributed by atoms with Crippen LogP contribution in [0.4, 0.5) is 5.69 Å². The molecule has 0 radical (unpaired) electrons. The van der Waals surface area contributed by atoms with Gasteiger partial charge in [0.25, 0.3) is 11.8 Å². The van der Waals surface area contributed by atoms with Crippen molar-refractivity contribution in [2.45, 2.75) is 95.3 Å². The molecule has 2 saturated heterocycles. The number of amides is 4. The minimum atomic E-state index is -0.972. The highest BCUT2D eigenvalue weighted by molar-refractivity contribution is 6.30. The number of nitrogens with zero attached hydrogens (tertiary/aromatic N) is 8. The molecule has 5 aliphatic rings. The summed E-state index contributed by atoms with van der Waals surface area (Å²) in [4.78, 5) is 59.7. The highest BCUT2D eigenvalue weighted by Crippen LogP contribution is 2.52. The van der Waals surface area contributed by atoms with Crippen molar-refractivity contribution in [3.05, 3.63) is 112 Å². The summed E-state index contributed by atoms with van der Waals surface area (Å²) in [7, 11) is 0. The van der Waals surface area contributed by atoms with Gasteiger partial charge in [-0.25, -0.2) is 0 Å². The van der Waals surface area contributed by atoms with Crippen molar-refractivity contribution >= 4 is 46.6 Å². The molecule has 10 rings (SSSR count). The van der Waals surface area contributed by atoms with E-state index in [1.54, 1.807) is 12.1 Å². The third-order valence-electron chi connectivity index (χ3n) is 12.9. The molecule has 14 nitrogen and oxygen atoms in total. The number of hydrogen-bond donors (Lipinski definition) is 2. The third-order valence-corrected chi connectivity index (χ3v) is 13.1. The van der Waals surface area contributed by atoms with Crippen molar-refractivity contribution in [3.63, 3.8) is 0 Å². The van der Waals surface area contributed by atoms with Crippen LogP contribution in [0.3, 0.4) is 0 Å². The van der Waals surface area contributed by atoms with Crippen LogP contribution in [0, 0.1) is 6.92 Å². The molecule has 2 aromatic heterocycles. The highest BCUT2D eigenvalue weighted by Gasteiger charge is 2.51. The van der Waals surface area contributed by atoms with E-state index in [2.05, 4.69) is 54.7 Å². The molecule has 6 heterocycles. The lowest BCUT2D eigenvalue weighted by atomic mass is 9.96. The number of rotatable bonds is 12. The Balaban J connectivity index is 0.705. The molecule has 15 heteroatoms. The fourth-order valence-electron chi connectivity index (χ4n) is 9.44. The molecule has 4 amide bonds. The molecule has 1 atom stereocenters. The molecule has 2 N–H and O–H groups in total. The lowest BCUT2D eigenvalue weighted by molar-refractivity contribution is -0.136. The number of nitrogens with one attached hydrogen (secondary N) is 2. The Morgan fingerprint density at radius 1 is 0.836 bits per heavy atom. The van der Waals surface area contributed by atoms with Crippen LogP contribution in [-0.4, -0.2) is 90.5 Å². The van der Waals surface area contributed by atoms with E-state index < -0.39 is 23.8 Å². The molecular weight excluding hydrogens is 792 g/mol. The van der Waals surface area contributed by atoms with Crippen molar-refractivity contribution in [2.75, 3.05) is 24.5 Å². The average Bonchev–Trinajstić information content (AvgIpc) is 3.61. The summed E-state index contributed by atoms with van der Waals surface area (Å²) in [5.41, 5.74) is 7.21. The fraction of sp³-hybridized carbons (Fsp3) is 0.391. The Morgan fingerprint density at radius 3 is 2.41 bits per heavy atom. The van der Waals surface area contributed by atoms with Crippen LogP contribution in [0.5, 0.6) is 0 Å². The van der Waals surface area contributed by atoms with Crippen molar-refractivity contribution < 1.29 is 19.2 Å². The summed E-state index contributed by atoms with van der Waals surface area (Å²) in [5.74, 6) is -0.164. The second-order valence-electron chi connectivity index (χ2n) is 16.9. The maximum absolute atomic E-state index is 13.6. The van der Waals surface area contributed by atoms with Gasteiger partial charge in [0, 0.05) is 60.0 Å². The molecule has 0 bridgehead atoms. The van der Waals surface area contributed by atoms with E-state index in [4.69, 9.17) is 21.7 Å². The first-order chi connectivity index (χ1) is 29.7. The number of halogens is 1. The maximum Gasteiger partial charge on any atom is 0.264 e. The van der Waals surface area contributed by atoms with Crippen LogP contribution in [0.1, 0.15) is 108 Å². The number of piperidine rings is 2. The highest BCUT2D eigenvalue weighted by atomic mass is 35.5. The minimum Gasteiger partial charge on any atom is -0.371 e. The molecule has 3 aromatic carbocycles. The van der Waals surface area contributed by atoms with Gasteiger partial charge in [0.1, 0.15) is 17.4 Å². The van der Waals surface area contributed by atoms with E-state index in [-0.39, 0.29) is 24.3 Å². The van der Waals surface area contributed by atoms with Crippen LogP contribution in [0.15, 0.2) is 78.0 Å². The number of fused-ring (bicyclic) bond motifs is 5. The Kier molecular flexibility index (Phi) is 10.1. The number of aromatic nitrogens is 5. The van der Waals surface area contributed by atoms with Gasteiger partial charge in [0.05, 0.1) is 34.4 Å². The van der Waals surface area contributed by atoms with E-state index in [9.17, 15) is 19.2 Å². The van der Waals surface area contributed by atoms with Gasteiger partial charge in [-0.3, -0.25) is 43.6 Å². The van der Waals surface area contributed by atoms with Gasteiger partial charge in [-0.05, 0) is 100 Å². The average molecular weight is 839 g/mol. The number of anilines is 1. The SMILES string of the molecule is Cc1nnc2n1-c1ccc(-c3cnn(CCCCCCNC4CCN(c5cccc6c5C(=O)N(C5CCC(=O)NC5=O)C6=O)CC4)c3)cc1C(c1ccc(Cl)cc1)=NC21CC1. The quantitative estimate of drug-likeness (QED) is 0.111. The minimum absolute atomic E-state index is 0.0969. The first kappa shape index (κ1) is 39.2. The molecule has 312 valence electrons. The predicted molar refractivity (Wildman–Crippen MR) is 230 cm³/mol. The van der Waals surface area contributed by atoms with Gasteiger partial charge in [-0.2, -0.15) is 5.10 Å². The number of hydrogen-bond acceptors (Lipinski definition) is 10. The van der Waals surface area contributed by atoms with Crippen molar-refractivity contribution in [3.8, 4) is 16.8 Å². The predicted octanol–water partition coefficient (Wildman–Crippen LogP) is 6.15. The van der Waals surface area contributed by atoms with Crippen LogP contribution < -0.4 is 15.5 Å². The van der Waals surface area contributed by atoms with Crippen molar-refractivity contribution in [1.29, 1.82) is 0 Å². The molecule has 3 fully saturated rings. The van der Waals surface area contributed by atoms with Gasteiger partial charge in [-0.15, -0.1) is 10.2 Å². The summed E-state index contributed by atoms with van der Waals surface area (Å²) in [6.07, 6.45) is 12.4. The summed E-state index contributed by atoms with van der Waals surface area (Å²) in [6, 6.07) is 19.2. The first-order valence-corrected chi connectivity index (χ1v) is 21.8. The number of aliphatic imine (C=N–C) groups is 1. The van der Waals surface area contributed by atoms with E-state index in [0.29, 0.717) is 22.2 Å². The molecule has 61 heavy (non-hydrogen) atoms. The third kappa shape index (κ3) is 7.24. The van der Waals surface area contributed by atoms with Gasteiger partial charge >= 0.3 is 0 Å². The molecule has 5 aromatic rings. The van der Waals surface area contributed by atoms with Crippen LogP contribution in [-0.2, 0) is 21.7 Å². The zero-order chi connectivity index (χ0) is 41.8. The van der Waals surface area contributed by atoms with Gasteiger partial charge < -0.3 is 10.2 Å². The molecule has 4 aliphatic heterocycles. The van der Waals surface area contributed by atoms with Crippen LogP contribution >= 0.6 is 11.6 Å². The zero-order valence-corrected chi connectivity index (χ0v) is 34.8. The van der Waals surface area contributed by atoms with Gasteiger partial charge in [0.15, 0.2) is 5.82 Å². The summed E-state index contributed by atoms with van der Waals surface area (Å²) < 4.78 is 4.22. The van der Waals surface area contributed by atoms with Crippen LogP contribution in [0.25, 0.3) is 16.8 Å². The smallest absolute Gasteiger partial charge is 0.264 e. The number of imide groups is 2. The topological polar surface area (TPSA) is 160 Å². The zero-order valence-electron chi connectivity index (χ0n) is 34.1. The van der Waals surface area contributed by atoms with E-state index in [1.807, 2.05) is 48.1 Å². The van der Waals surface area contributed by atoms with Gasteiger partial charge in [-0.1, -0.05) is 48.7 Å². The normalized spacial score (nSPS) is 19.4. The lowest BCUT2D eigenvalue weighted by Crippen LogP contribution is -2.54. The summed E-state index contributed by atoms with van der Waals surface area (Å²) in [6.45, 7) is 5.31.